The first-order valence-corrected chi connectivity index (χ1v) is 5.94. The van der Waals surface area contributed by atoms with Gasteiger partial charge in [-0.15, -0.1) is 0 Å². The first kappa shape index (κ1) is 13.0. The molecule has 2 aromatic rings. The normalized spacial score (nSPS) is 10.4. The third-order valence-electron chi connectivity index (χ3n) is 2.90. The fourth-order valence-corrected chi connectivity index (χ4v) is 1.80. The lowest BCUT2D eigenvalue weighted by Crippen LogP contribution is -2.38. The summed E-state index contributed by atoms with van der Waals surface area (Å²) in [5.74, 6) is -0.0848. The lowest BCUT2D eigenvalue weighted by atomic mass is 10.1. The molecule has 0 unspecified atom stereocenters. The van der Waals surface area contributed by atoms with Gasteiger partial charge >= 0.3 is 5.69 Å². The van der Waals surface area contributed by atoms with Gasteiger partial charge in [-0.05, 0) is 0 Å². The molecule has 0 aliphatic rings. The summed E-state index contributed by atoms with van der Waals surface area (Å²) in [5, 5.41) is 0. The summed E-state index contributed by atoms with van der Waals surface area (Å²) in [4.78, 5) is 35.2. The molecule has 19 heavy (non-hydrogen) atoms. The van der Waals surface area contributed by atoms with Crippen LogP contribution < -0.4 is 11.2 Å². The first-order valence-electron chi connectivity index (χ1n) is 5.94. The number of benzene rings is 1. The standard InChI is InChI=1S/C14H14N2O3/c1-15-9-8-13(18)16(14(15)19)10-7-12(17)11-5-3-2-4-6-11/h2-6,8-9H,7,10H2,1H3. The highest BCUT2D eigenvalue weighted by atomic mass is 16.2. The monoisotopic (exact) mass is 258 g/mol. The smallest absolute Gasteiger partial charge is 0.303 e. The maximum Gasteiger partial charge on any atom is 0.330 e. The molecule has 5 nitrogen and oxygen atoms in total. The van der Waals surface area contributed by atoms with Gasteiger partial charge in [0.25, 0.3) is 5.56 Å². The van der Waals surface area contributed by atoms with Gasteiger partial charge in [-0.25, -0.2) is 4.79 Å². The molecule has 2 rings (SSSR count). The van der Waals surface area contributed by atoms with Crippen LogP contribution in [0.1, 0.15) is 16.8 Å². The Hall–Kier alpha value is -2.43. The molecular formula is C14H14N2O3. The van der Waals surface area contributed by atoms with Crippen LogP contribution in [0.15, 0.2) is 52.2 Å². The van der Waals surface area contributed by atoms with E-state index in [1.165, 1.54) is 16.8 Å². The molecule has 0 radical (unpaired) electrons. The average Bonchev–Trinajstić information content (AvgIpc) is 2.44. The lowest BCUT2D eigenvalue weighted by Gasteiger charge is -2.06. The predicted octanol–water partition coefficient (Wildman–Crippen LogP) is 0.820. The number of rotatable bonds is 4. The van der Waals surface area contributed by atoms with Gasteiger partial charge in [0.1, 0.15) is 0 Å². The Bertz CT molecular complexity index is 699. The van der Waals surface area contributed by atoms with E-state index in [9.17, 15) is 14.4 Å². The van der Waals surface area contributed by atoms with Crippen LogP contribution in [-0.4, -0.2) is 14.9 Å². The molecule has 1 heterocycles. The van der Waals surface area contributed by atoms with E-state index in [0.29, 0.717) is 5.56 Å². The number of hydrogen-bond acceptors (Lipinski definition) is 3. The van der Waals surface area contributed by atoms with Crippen LogP contribution in [0.3, 0.4) is 0 Å². The summed E-state index contributed by atoms with van der Waals surface area (Å²) in [6.07, 6.45) is 1.54. The van der Waals surface area contributed by atoms with E-state index in [2.05, 4.69) is 0 Å². The zero-order valence-corrected chi connectivity index (χ0v) is 10.6. The van der Waals surface area contributed by atoms with Gasteiger partial charge in [0, 0.05) is 37.8 Å². The third kappa shape index (κ3) is 2.88. The Morgan fingerprint density at radius 3 is 2.47 bits per heavy atom. The third-order valence-corrected chi connectivity index (χ3v) is 2.90. The van der Waals surface area contributed by atoms with Crippen LogP contribution in [0.25, 0.3) is 0 Å². The van der Waals surface area contributed by atoms with Crippen LogP contribution in [0, 0.1) is 0 Å². The SMILES string of the molecule is Cn1ccc(=O)n(CCC(=O)c2ccccc2)c1=O. The molecule has 1 aromatic carbocycles. The van der Waals surface area contributed by atoms with E-state index >= 15 is 0 Å². The minimum absolute atomic E-state index is 0.0848. The van der Waals surface area contributed by atoms with Gasteiger partial charge < -0.3 is 4.57 Å². The number of Topliss-reactive ketones (excluding diaryl/α,β-unsaturated/α-hetero) is 1. The number of carbonyl (C=O) groups excluding carboxylic acids is 1. The summed E-state index contributed by atoms with van der Waals surface area (Å²) < 4.78 is 2.38. The van der Waals surface area contributed by atoms with Crippen molar-refractivity contribution in [3.8, 4) is 0 Å². The Kier molecular flexibility index (Phi) is 3.75. The van der Waals surface area contributed by atoms with Crippen molar-refractivity contribution in [1.29, 1.82) is 0 Å². The van der Waals surface area contributed by atoms with Gasteiger partial charge in [-0.3, -0.25) is 14.2 Å². The van der Waals surface area contributed by atoms with E-state index < -0.39 is 5.69 Å². The molecule has 1 aromatic heterocycles. The van der Waals surface area contributed by atoms with Crippen molar-refractivity contribution in [2.45, 2.75) is 13.0 Å². The Balaban J connectivity index is 2.17. The predicted molar refractivity (Wildman–Crippen MR) is 71.3 cm³/mol. The number of aromatic nitrogens is 2. The highest BCUT2D eigenvalue weighted by Gasteiger charge is 2.08. The molecule has 5 heteroatoms. The lowest BCUT2D eigenvalue weighted by molar-refractivity contribution is 0.0976. The molecule has 0 fully saturated rings. The van der Waals surface area contributed by atoms with Crippen molar-refractivity contribution in [2.75, 3.05) is 0 Å². The van der Waals surface area contributed by atoms with Gasteiger partial charge in [-0.2, -0.15) is 0 Å². The maximum atomic E-state index is 11.9. The summed E-state index contributed by atoms with van der Waals surface area (Å²) >= 11 is 0. The van der Waals surface area contributed by atoms with Crippen molar-refractivity contribution in [1.82, 2.24) is 9.13 Å². The van der Waals surface area contributed by atoms with Gasteiger partial charge in [0.05, 0.1) is 0 Å². The fraction of sp³-hybridized carbons (Fsp3) is 0.214. The summed E-state index contributed by atoms with van der Waals surface area (Å²) in [6, 6.07) is 10.1. The van der Waals surface area contributed by atoms with Crippen LogP contribution >= 0.6 is 0 Å². The van der Waals surface area contributed by atoms with Crippen molar-refractivity contribution < 1.29 is 4.79 Å². The Morgan fingerprint density at radius 1 is 1.11 bits per heavy atom. The number of carbonyl (C=O) groups is 1. The van der Waals surface area contributed by atoms with Crippen molar-refractivity contribution >= 4 is 5.78 Å². The molecular weight excluding hydrogens is 244 g/mol. The number of aryl methyl sites for hydroxylation is 1. The van der Waals surface area contributed by atoms with E-state index in [1.54, 1.807) is 31.3 Å². The first-order chi connectivity index (χ1) is 9.09. The highest BCUT2D eigenvalue weighted by Crippen LogP contribution is 2.03. The van der Waals surface area contributed by atoms with Crippen LogP contribution in [0.5, 0.6) is 0 Å². The second-order valence-electron chi connectivity index (χ2n) is 4.24. The molecule has 0 saturated carbocycles. The molecule has 0 bridgehead atoms. The maximum absolute atomic E-state index is 11.9. The Labute approximate surface area is 109 Å². The highest BCUT2D eigenvalue weighted by molar-refractivity contribution is 5.95. The van der Waals surface area contributed by atoms with Gasteiger partial charge in [0.2, 0.25) is 0 Å². The van der Waals surface area contributed by atoms with Gasteiger partial charge in [-0.1, -0.05) is 30.3 Å². The molecule has 0 aliphatic carbocycles. The van der Waals surface area contributed by atoms with Crippen LogP contribution in [0.2, 0.25) is 0 Å². The average molecular weight is 258 g/mol. The zero-order valence-electron chi connectivity index (χ0n) is 10.6. The second-order valence-corrected chi connectivity index (χ2v) is 4.24. The summed E-state index contributed by atoms with van der Waals surface area (Å²) in [7, 11) is 1.57. The molecule has 0 atom stereocenters. The van der Waals surface area contributed by atoms with Gasteiger partial charge in [0.15, 0.2) is 5.78 Å². The van der Waals surface area contributed by atoms with Crippen molar-refractivity contribution in [2.24, 2.45) is 7.05 Å². The quantitative estimate of drug-likeness (QED) is 0.763. The molecule has 98 valence electrons. The number of hydrogen-bond donors (Lipinski definition) is 0. The second kappa shape index (κ2) is 5.48. The van der Waals surface area contributed by atoms with E-state index in [1.807, 2.05) is 6.07 Å². The molecule has 0 saturated heterocycles. The molecule has 0 spiro atoms. The molecule has 0 aliphatic heterocycles. The van der Waals surface area contributed by atoms with Crippen LogP contribution in [0.4, 0.5) is 0 Å². The number of ketones is 1. The van der Waals surface area contributed by atoms with E-state index in [4.69, 9.17) is 0 Å². The van der Waals surface area contributed by atoms with Crippen molar-refractivity contribution in [3.05, 3.63) is 69.0 Å². The molecule has 0 amide bonds. The van der Waals surface area contributed by atoms with Crippen LogP contribution in [-0.2, 0) is 13.6 Å². The fourth-order valence-electron chi connectivity index (χ4n) is 1.80. The topological polar surface area (TPSA) is 61.1 Å². The minimum atomic E-state index is -0.409. The van der Waals surface area contributed by atoms with Crippen molar-refractivity contribution in [3.63, 3.8) is 0 Å². The zero-order chi connectivity index (χ0) is 13.8. The summed E-state index contributed by atoms with van der Waals surface area (Å²) in [6.45, 7) is 0.0973. The van der Waals surface area contributed by atoms with E-state index in [-0.39, 0.29) is 24.3 Å². The Morgan fingerprint density at radius 2 is 1.79 bits per heavy atom. The minimum Gasteiger partial charge on any atom is -0.303 e. The summed E-state index contributed by atoms with van der Waals surface area (Å²) in [5.41, 5.74) is -0.208. The number of nitrogens with zero attached hydrogens (tertiary/aromatic N) is 2. The molecule has 0 N–H and O–H groups in total. The van der Waals surface area contributed by atoms with E-state index in [0.717, 1.165) is 4.57 Å². The largest absolute Gasteiger partial charge is 0.330 e.